The highest BCUT2D eigenvalue weighted by molar-refractivity contribution is 5.99. The lowest BCUT2D eigenvalue weighted by Gasteiger charge is -2.18. The predicted molar refractivity (Wildman–Crippen MR) is 103 cm³/mol. The van der Waals surface area contributed by atoms with Gasteiger partial charge in [0.15, 0.2) is 6.61 Å². The second kappa shape index (κ2) is 9.46. The van der Waals surface area contributed by atoms with Crippen LogP contribution < -0.4 is 15.7 Å². The third kappa shape index (κ3) is 5.63. The van der Waals surface area contributed by atoms with E-state index in [0.717, 1.165) is 5.56 Å². The van der Waals surface area contributed by atoms with Crippen LogP contribution in [0.2, 0.25) is 0 Å². The van der Waals surface area contributed by atoms with Crippen molar-refractivity contribution in [3.8, 4) is 5.75 Å². The second-order valence-corrected chi connectivity index (χ2v) is 5.78. The Labute approximate surface area is 157 Å². The summed E-state index contributed by atoms with van der Waals surface area (Å²) >= 11 is 0. The molecular weight excluding hydrogens is 348 g/mol. The molecule has 0 radical (unpaired) electrons. The van der Waals surface area contributed by atoms with Crippen molar-refractivity contribution in [2.45, 2.75) is 27.7 Å². The number of hydrazone groups is 1. The Morgan fingerprint density at radius 1 is 1.22 bits per heavy atom. The molecule has 1 heterocycles. The first-order valence-electron chi connectivity index (χ1n) is 8.69. The van der Waals surface area contributed by atoms with Crippen LogP contribution in [0.1, 0.15) is 32.0 Å². The molecule has 0 spiro atoms. The Bertz CT molecular complexity index is 856. The zero-order valence-corrected chi connectivity index (χ0v) is 15.9. The first-order chi connectivity index (χ1) is 12.9. The summed E-state index contributed by atoms with van der Waals surface area (Å²) in [5.41, 5.74) is 4.18. The van der Waals surface area contributed by atoms with Crippen LogP contribution in [0.15, 0.2) is 34.2 Å². The molecule has 0 aliphatic carbocycles. The first-order valence-corrected chi connectivity index (χ1v) is 8.69. The topological polar surface area (TPSA) is 113 Å². The van der Waals surface area contributed by atoms with Gasteiger partial charge in [0.2, 0.25) is 5.95 Å². The van der Waals surface area contributed by atoms with E-state index < -0.39 is 0 Å². The van der Waals surface area contributed by atoms with E-state index in [0.29, 0.717) is 24.6 Å². The van der Waals surface area contributed by atoms with Gasteiger partial charge in [-0.2, -0.15) is 5.10 Å². The van der Waals surface area contributed by atoms with Crippen molar-refractivity contribution in [3.05, 3.63) is 45.9 Å². The lowest BCUT2D eigenvalue weighted by Crippen LogP contribution is -2.34. The molecule has 9 heteroatoms. The summed E-state index contributed by atoms with van der Waals surface area (Å²) in [4.78, 5) is 27.7. The van der Waals surface area contributed by atoms with Gasteiger partial charge in [-0.3, -0.25) is 14.6 Å². The number of aromatic amines is 1. The third-order valence-electron chi connectivity index (χ3n) is 3.94. The van der Waals surface area contributed by atoms with Gasteiger partial charge in [0.1, 0.15) is 11.4 Å². The number of anilines is 1. The Hall–Kier alpha value is -3.23. The molecule has 27 heavy (non-hydrogen) atoms. The number of hydrogen-bond donors (Lipinski definition) is 2. The number of nitrogens with one attached hydrogen (secondary N) is 2. The van der Waals surface area contributed by atoms with Crippen molar-refractivity contribution in [1.29, 1.82) is 0 Å². The lowest BCUT2D eigenvalue weighted by atomic mass is 10.1. The fraction of sp³-hybridized carbons (Fsp3) is 0.389. The summed E-state index contributed by atoms with van der Waals surface area (Å²) < 4.78 is 5.54. The molecule has 1 aromatic heterocycles. The van der Waals surface area contributed by atoms with Gasteiger partial charge in [0.05, 0.1) is 5.71 Å². The molecule has 0 bridgehead atoms. The molecular formula is C18H24N6O3. The highest BCUT2D eigenvalue weighted by Gasteiger charge is 2.10. The van der Waals surface area contributed by atoms with Gasteiger partial charge in [0.25, 0.3) is 11.5 Å². The first kappa shape index (κ1) is 20.1. The van der Waals surface area contributed by atoms with Gasteiger partial charge in [0, 0.05) is 13.1 Å². The Balaban J connectivity index is 1.96. The van der Waals surface area contributed by atoms with E-state index in [9.17, 15) is 9.59 Å². The summed E-state index contributed by atoms with van der Waals surface area (Å²) in [7, 11) is 0. The quantitative estimate of drug-likeness (QED) is 0.537. The molecule has 9 nitrogen and oxygen atoms in total. The normalized spacial score (nSPS) is 11.2. The van der Waals surface area contributed by atoms with Crippen molar-refractivity contribution in [3.63, 3.8) is 0 Å². The lowest BCUT2D eigenvalue weighted by molar-refractivity contribution is -0.132. The fourth-order valence-electron chi connectivity index (χ4n) is 2.25. The SMILES string of the molecule is CCN(CC)C(=O)COc1ccc(/C(C)=N\Nc2nnc(C)c(=O)[nH]2)cc1. The van der Waals surface area contributed by atoms with Crippen molar-refractivity contribution in [2.24, 2.45) is 5.10 Å². The number of amides is 1. The number of likely N-dealkylation sites (N-methyl/N-ethyl adjacent to an activating group) is 1. The van der Waals surface area contributed by atoms with Crippen molar-refractivity contribution < 1.29 is 9.53 Å². The van der Waals surface area contributed by atoms with Gasteiger partial charge in [-0.05, 0) is 57.5 Å². The second-order valence-electron chi connectivity index (χ2n) is 5.78. The van der Waals surface area contributed by atoms with Gasteiger partial charge < -0.3 is 9.64 Å². The van der Waals surface area contributed by atoms with Gasteiger partial charge in [-0.25, -0.2) is 5.43 Å². The number of nitrogens with zero attached hydrogens (tertiary/aromatic N) is 4. The third-order valence-corrected chi connectivity index (χ3v) is 3.94. The Kier molecular flexibility index (Phi) is 7.04. The molecule has 0 aliphatic heterocycles. The van der Waals surface area contributed by atoms with Crippen LogP contribution in [0.25, 0.3) is 0 Å². The average Bonchev–Trinajstić information content (AvgIpc) is 2.68. The van der Waals surface area contributed by atoms with Crippen LogP contribution in [-0.2, 0) is 4.79 Å². The highest BCUT2D eigenvalue weighted by Crippen LogP contribution is 2.13. The molecule has 2 aromatic rings. The summed E-state index contributed by atoms with van der Waals surface area (Å²) in [6.07, 6.45) is 0. The predicted octanol–water partition coefficient (Wildman–Crippen LogP) is 1.56. The van der Waals surface area contributed by atoms with E-state index in [4.69, 9.17) is 4.74 Å². The summed E-state index contributed by atoms with van der Waals surface area (Å²) in [6.45, 7) is 8.59. The van der Waals surface area contributed by atoms with Crippen molar-refractivity contribution in [1.82, 2.24) is 20.1 Å². The molecule has 0 aliphatic rings. The molecule has 1 amide bonds. The molecule has 1 aromatic carbocycles. The Morgan fingerprint density at radius 2 is 1.89 bits per heavy atom. The van der Waals surface area contributed by atoms with E-state index in [1.54, 1.807) is 24.0 Å². The molecule has 0 unspecified atom stereocenters. The zero-order chi connectivity index (χ0) is 19.8. The maximum atomic E-state index is 12.0. The molecule has 0 atom stereocenters. The van der Waals surface area contributed by atoms with Crippen LogP contribution in [0.5, 0.6) is 5.75 Å². The number of aryl methyl sites for hydroxylation is 1. The smallest absolute Gasteiger partial charge is 0.274 e. The van der Waals surface area contributed by atoms with E-state index in [2.05, 4.69) is 25.7 Å². The molecule has 0 saturated heterocycles. The summed E-state index contributed by atoms with van der Waals surface area (Å²) in [5.74, 6) is 0.729. The molecule has 2 N–H and O–H groups in total. The average molecular weight is 372 g/mol. The van der Waals surface area contributed by atoms with Crippen LogP contribution in [-0.4, -0.2) is 51.4 Å². The van der Waals surface area contributed by atoms with Crippen LogP contribution in [0, 0.1) is 6.92 Å². The van der Waals surface area contributed by atoms with E-state index in [-0.39, 0.29) is 29.7 Å². The number of hydrogen-bond acceptors (Lipinski definition) is 7. The van der Waals surface area contributed by atoms with Gasteiger partial charge >= 0.3 is 0 Å². The minimum Gasteiger partial charge on any atom is -0.484 e. The maximum Gasteiger partial charge on any atom is 0.274 e. The molecule has 2 rings (SSSR count). The number of benzene rings is 1. The number of rotatable bonds is 8. The molecule has 0 saturated carbocycles. The van der Waals surface area contributed by atoms with E-state index in [1.807, 2.05) is 32.9 Å². The summed E-state index contributed by atoms with van der Waals surface area (Å²) in [5, 5.41) is 11.7. The highest BCUT2D eigenvalue weighted by atomic mass is 16.5. The van der Waals surface area contributed by atoms with Crippen LogP contribution >= 0.6 is 0 Å². The minimum absolute atomic E-state index is 0.00904. The zero-order valence-electron chi connectivity index (χ0n) is 15.9. The number of carbonyl (C=O) groups is 1. The summed E-state index contributed by atoms with van der Waals surface area (Å²) in [6, 6.07) is 7.22. The standard InChI is InChI=1S/C18H24N6O3/c1-5-24(6-2)16(25)11-27-15-9-7-14(8-10-15)12(3)20-22-18-19-17(26)13(4)21-23-18/h7-10H,5-6,11H2,1-4H3,(H2,19,22,23,26)/b20-12-. The largest absolute Gasteiger partial charge is 0.484 e. The van der Waals surface area contributed by atoms with Gasteiger partial charge in [-0.15, -0.1) is 10.2 Å². The van der Waals surface area contributed by atoms with Crippen molar-refractivity contribution >= 4 is 17.6 Å². The monoisotopic (exact) mass is 372 g/mol. The molecule has 0 fully saturated rings. The van der Waals surface area contributed by atoms with E-state index >= 15 is 0 Å². The number of carbonyl (C=O) groups excluding carboxylic acids is 1. The number of H-pyrrole nitrogens is 1. The molecule has 144 valence electrons. The minimum atomic E-state index is -0.318. The maximum absolute atomic E-state index is 12.0. The number of ether oxygens (including phenoxy) is 1. The fourth-order valence-corrected chi connectivity index (χ4v) is 2.25. The van der Waals surface area contributed by atoms with Gasteiger partial charge in [-0.1, -0.05) is 0 Å². The van der Waals surface area contributed by atoms with Crippen molar-refractivity contribution in [2.75, 3.05) is 25.1 Å². The van der Waals surface area contributed by atoms with Crippen LogP contribution in [0.3, 0.4) is 0 Å². The van der Waals surface area contributed by atoms with E-state index in [1.165, 1.54) is 0 Å². The Morgan fingerprint density at radius 3 is 2.48 bits per heavy atom. The number of aromatic nitrogens is 3. The van der Waals surface area contributed by atoms with Crippen LogP contribution in [0.4, 0.5) is 5.95 Å².